The molecule has 21 heteroatoms. The van der Waals surface area contributed by atoms with Crippen molar-refractivity contribution in [2.24, 2.45) is 0 Å². The molecule has 0 aromatic rings. The van der Waals surface area contributed by atoms with Crippen LogP contribution < -0.4 is 0 Å². The maximum Gasteiger partial charge on any atom is 0.460 e. The van der Waals surface area contributed by atoms with E-state index in [-0.39, 0.29) is 37.7 Å². The molecule has 3 nitrogen and oxygen atoms in total. The molecule has 0 saturated carbocycles. The van der Waals surface area contributed by atoms with Gasteiger partial charge in [-0.25, -0.2) is 0 Å². The van der Waals surface area contributed by atoms with Crippen LogP contribution in [0.15, 0.2) is 0 Å². The molecule has 0 bridgehead atoms. The summed E-state index contributed by atoms with van der Waals surface area (Å²) in [6.07, 6.45) is -13.7. The molecule has 0 aliphatic carbocycles. The normalized spacial score (nSPS) is 14.8. The topological polar surface area (TPSA) is 71.4 Å². The van der Waals surface area contributed by atoms with Crippen LogP contribution >= 0.6 is 7.26 Å². The Morgan fingerprint density at radius 1 is 0.415 bits per heavy atom. The van der Waals surface area contributed by atoms with E-state index >= 15 is 0 Å². The molecule has 0 aromatic carbocycles. The molecule has 0 rings (SSSR count). The fourth-order valence-corrected chi connectivity index (χ4v) is 7.42. The summed E-state index contributed by atoms with van der Waals surface area (Å²) in [6.45, 7) is 0. The van der Waals surface area contributed by atoms with Gasteiger partial charge in [0, 0.05) is 13.7 Å². The van der Waals surface area contributed by atoms with Crippen molar-refractivity contribution in [2.45, 2.75) is 79.7 Å². The van der Waals surface area contributed by atoms with E-state index in [2.05, 4.69) is 0 Å². The number of alkyl halides is 17. The van der Waals surface area contributed by atoms with Gasteiger partial charge in [0.25, 0.3) is 0 Å². The number of nitrogens with zero attached hydrogens (tertiary/aromatic N) is 3. The Kier molecular flexibility index (Phi) is 11.8. The number of hydrogen-bond donors (Lipinski definition) is 0. The van der Waals surface area contributed by atoms with Crippen LogP contribution in [0.5, 0.6) is 0 Å². The lowest BCUT2D eigenvalue weighted by molar-refractivity contribution is -0.461. The third-order valence-electron chi connectivity index (χ3n) is 6.00. The number of rotatable bonds is 16. The van der Waals surface area contributed by atoms with E-state index in [1.165, 1.54) is 0 Å². The Balaban J connectivity index is 6.41. The van der Waals surface area contributed by atoms with Crippen molar-refractivity contribution in [1.82, 2.24) is 0 Å². The smallest absolute Gasteiger partial charge is 0.200 e. The molecular weight excluding hydrogens is 636 g/mol. The lowest BCUT2D eigenvalue weighted by Gasteiger charge is -2.42. The van der Waals surface area contributed by atoms with Gasteiger partial charge in [0.05, 0.1) is 62.1 Å². The number of hydrogen-bond acceptors (Lipinski definition) is 3. The summed E-state index contributed by atoms with van der Waals surface area (Å²) >= 11 is 0. The maximum absolute atomic E-state index is 14.2. The summed E-state index contributed by atoms with van der Waals surface area (Å²) < 4.78 is 228. The minimum absolute atomic E-state index is 0.155. The SMILES string of the molecule is N#CCC[P+](CCC#N)(CCC#N)CCCC(F)(F)C(F)(F)C(F)(F)C(F)(F)C(F)(F)C(F)(F)C(F)(F)C(F)(F)F. The predicted octanol–water partition coefficient (Wildman–Crippen LogP) is 8.53. The van der Waals surface area contributed by atoms with Gasteiger partial charge in [-0.05, 0) is 6.42 Å². The molecule has 0 heterocycles. The second-order valence-electron chi connectivity index (χ2n) is 8.71. The Morgan fingerprint density at radius 3 is 1.00 bits per heavy atom. The minimum Gasteiger partial charge on any atom is -0.200 e. The van der Waals surface area contributed by atoms with Gasteiger partial charge >= 0.3 is 47.6 Å². The van der Waals surface area contributed by atoms with E-state index < -0.39 is 73.9 Å². The lowest BCUT2D eigenvalue weighted by atomic mass is 9.88. The highest BCUT2D eigenvalue weighted by atomic mass is 31.2. The van der Waals surface area contributed by atoms with Crippen LogP contribution in [-0.4, -0.2) is 72.3 Å². The molecule has 0 atom stereocenters. The minimum atomic E-state index is -8.67. The van der Waals surface area contributed by atoms with Crippen molar-refractivity contribution in [3.8, 4) is 18.2 Å². The van der Waals surface area contributed by atoms with Gasteiger partial charge in [-0.2, -0.15) is 90.4 Å². The van der Waals surface area contributed by atoms with Crippen LogP contribution in [0.25, 0.3) is 0 Å². The molecule has 0 radical (unpaired) electrons. The summed E-state index contributed by atoms with van der Waals surface area (Å²) in [5, 5.41) is 26.3. The fraction of sp³-hybridized carbons (Fsp3) is 0.850. The van der Waals surface area contributed by atoms with Crippen LogP contribution in [-0.2, 0) is 0 Å². The first-order valence-electron chi connectivity index (χ1n) is 10.8. The molecule has 236 valence electrons. The molecular formula is C20H18F17N3P+. The lowest BCUT2D eigenvalue weighted by Crippen LogP contribution is -2.74. The van der Waals surface area contributed by atoms with Crippen molar-refractivity contribution in [3.05, 3.63) is 0 Å². The molecule has 0 fully saturated rings. The van der Waals surface area contributed by atoms with E-state index in [9.17, 15) is 74.6 Å². The van der Waals surface area contributed by atoms with E-state index in [0.29, 0.717) is 0 Å². The number of nitriles is 3. The van der Waals surface area contributed by atoms with Crippen molar-refractivity contribution in [3.63, 3.8) is 0 Å². The van der Waals surface area contributed by atoms with Gasteiger partial charge in [0.2, 0.25) is 0 Å². The van der Waals surface area contributed by atoms with Gasteiger partial charge in [-0.1, -0.05) is 0 Å². The third-order valence-corrected chi connectivity index (χ3v) is 10.8. The van der Waals surface area contributed by atoms with Crippen LogP contribution in [0.2, 0.25) is 0 Å². The summed E-state index contributed by atoms with van der Waals surface area (Å²) in [6, 6.07) is 4.93. The van der Waals surface area contributed by atoms with Crippen LogP contribution in [0.3, 0.4) is 0 Å². The zero-order valence-corrected chi connectivity index (χ0v) is 21.0. The Bertz CT molecular complexity index is 972. The maximum atomic E-state index is 14.2. The van der Waals surface area contributed by atoms with Gasteiger partial charge in [-0.15, -0.1) is 0 Å². The second-order valence-corrected chi connectivity index (χ2v) is 13.2. The van der Waals surface area contributed by atoms with E-state index in [0.717, 1.165) is 0 Å². The molecule has 41 heavy (non-hydrogen) atoms. The van der Waals surface area contributed by atoms with Crippen molar-refractivity contribution < 1.29 is 74.6 Å². The van der Waals surface area contributed by atoms with Crippen molar-refractivity contribution in [2.75, 3.05) is 24.6 Å². The first kappa shape index (κ1) is 38.7. The molecule has 0 spiro atoms. The monoisotopic (exact) mass is 654 g/mol. The zero-order chi connectivity index (χ0) is 33.0. The Morgan fingerprint density at radius 2 is 0.707 bits per heavy atom. The Hall–Kier alpha value is -2.29. The zero-order valence-electron chi connectivity index (χ0n) is 20.1. The molecule has 0 aliphatic heterocycles. The van der Waals surface area contributed by atoms with E-state index in [4.69, 9.17) is 15.8 Å². The molecule has 0 aliphatic rings. The fourth-order valence-electron chi connectivity index (χ4n) is 3.52. The second kappa shape index (κ2) is 12.5. The molecule has 0 aromatic heterocycles. The van der Waals surface area contributed by atoms with Gasteiger partial charge in [-0.3, -0.25) is 0 Å². The molecule has 0 N–H and O–H groups in total. The Labute approximate surface area is 221 Å². The van der Waals surface area contributed by atoms with E-state index in [1.54, 1.807) is 18.2 Å². The van der Waals surface area contributed by atoms with Gasteiger partial charge in [0.15, 0.2) is 0 Å². The van der Waals surface area contributed by atoms with Gasteiger partial charge in [0.1, 0.15) is 0 Å². The highest BCUT2D eigenvalue weighted by Gasteiger charge is 2.95. The molecule has 0 amide bonds. The van der Waals surface area contributed by atoms with Gasteiger partial charge < -0.3 is 0 Å². The largest absolute Gasteiger partial charge is 0.460 e. The summed E-state index contributed by atoms with van der Waals surface area (Å²) in [7, 11) is -2.83. The summed E-state index contributed by atoms with van der Waals surface area (Å²) in [5.74, 6) is -56.6. The first-order valence-corrected chi connectivity index (χ1v) is 13.3. The van der Waals surface area contributed by atoms with Crippen molar-refractivity contribution >= 4 is 7.26 Å². The summed E-state index contributed by atoms with van der Waals surface area (Å²) in [5.41, 5.74) is 0. The standard InChI is InChI=1S/C20H18F17N3P/c21-13(22,5-1-9-41(10-2-6-38,11-3-7-39)12-4-8-40)14(23,24)15(25,26)16(27,28)17(29,30)18(31,32)19(33,34)20(35,36)37/h1-5,9-12H2/q+1. The average Bonchev–Trinajstić information content (AvgIpc) is 2.83. The van der Waals surface area contributed by atoms with Crippen LogP contribution in [0.1, 0.15) is 32.1 Å². The molecule has 0 saturated heterocycles. The van der Waals surface area contributed by atoms with Crippen molar-refractivity contribution in [1.29, 1.82) is 15.8 Å². The van der Waals surface area contributed by atoms with E-state index in [1.807, 2.05) is 0 Å². The first-order chi connectivity index (χ1) is 18.1. The van der Waals surface area contributed by atoms with Crippen LogP contribution in [0, 0.1) is 34.0 Å². The third kappa shape index (κ3) is 6.86. The predicted molar refractivity (Wildman–Crippen MR) is 107 cm³/mol. The highest BCUT2D eigenvalue weighted by Crippen LogP contribution is 2.65. The summed E-state index contributed by atoms with van der Waals surface area (Å²) in [4.78, 5) is 0. The average molecular weight is 654 g/mol. The highest BCUT2D eigenvalue weighted by molar-refractivity contribution is 7.75. The van der Waals surface area contributed by atoms with Crippen LogP contribution in [0.4, 0.5) is 74.6 Å². The quantitative estimate of drug-likeness (QED) is 0.124. The number of halogens is 17. The molecule has 0 unspecified atom stereocenters.